The van der Waals surface area contributed by atoms with Crippen molar-refractivity contribution in [3.63, 3.8) is 0 Å². The molecule has 15 heavy (non-hydrogen) atoms. The number of nitrogens with two attached hydrogens (primary N) is 1. The maximum Gasteiger partial charge on any atom is 0.231 e. The van der Waals surface area contributed by atoms with Gasteiger partial charge in [-0.25, -0.2) is 0 Å². The molecule has 0 aliphatic rings. The molecule has 0 fully saturated rings. The quantitative estimate of drug-likeness (QED) is 0.809. The van der Waals surface area contributed by atoms with Gasteiger partial charge in [-0.05, 0) is 19.1 Å². The van der Waals surface area contributed by atoms with Gasteiger partial charge in [0.05, 0.1) is 11.7 Å². The van der Waals surface area contributed by atoms with Gasteiger partial charge in [0, 0.05) is 6.04 Å². The monoisotopic (exact) mass is 229 g/mol. The maximum atomic E-state index is 5.86. The highest BCUT2D eigenvalue weighted by Crippen LogP contribution is 2.21. The Labute approximate surface area is 95.0 Å². The van der Waals surface area contributed by atoms with Gasteiger partial charge in [-0.15, -0.1) is 0 Å². The summed E-state index contributed by atoms with van der Waals surface area (Å²) in [4.78, 5) is 4.36. The largest absolute Gasteiger partial charge is 0.339 e. The van der Waals surface area contributed by atoms with E-state index >= 15 is 0 Å². The molecule has 5 heteroatoms. The molecule has 1 aromatic rings. The minimum atomic E-state index is 0.0575. The Morgan fingerprint density at radius 3 is 2.73 bits per heavy atom. The zero-order chi connectivity index (χ0) is 11.3. The summed E-state index contributed by atoms with van der Waals surface area (Å²) in [6.07, 6.45) is 0.931. The van der Waals surface area contributed by atoms with Crippen LogP contribution < -0.4 is 5.73 Å². The van der Waals surface area contributed by atoms with Crippen molar-refractivity contribution in [2.75, 3.05) is 5.75 Å². The van der Waals surface area contributed by atoms with Gasteiger partial charge < -0.3 is 10.3 Å². The summed E-state index contributed by atoms with van der Waals surface area (Å²) in [5, 5.41) is 3.94. The maximum absolute atomic E-state index is 5.86. The van der Waals surface area contributed by atoms with Crippen LogP contribution in [0.15, 0.2) is 4.52 Å². The van der Waals surface area contributed by atoms with Gasteiger partial charge in [-0.3, -0.25) is 0 Å². The molecule has 4 nitrogen and oxygen atoms in total. The molecule has 0 saturated heterocycles. The number of hydrogen-bond acceptors (Lipinski definition) is 5. The van der Waals surface area contributed by atoms with Crippen LogP contribution in [0.2, 0.25) is 0 Å². The van der Waals surface area contributed by atoms with Crippen LogP contribution in [0.4, 0.5) is 0 Å². The van der Waals surface area contributed by atoms with Crippen molar-refractivity contribution in [3.05, 3.63) is 11.7 Å². The van der Waals surface area contributed by atoms with Gasteiger partial charge in [0.2, 0.25) is 5.89 Å². The van der Waals surface area contributed by atoms with Gasteiger partial charge in [0.25, 0.3) is 0 Å². The highest BCUT2D eigenvalue weighted by atomic mass is 32.2. The topological polar surface area (TPSA) is 64.9 Å². The van der Waals surface area contributed by atoms with E-state index in [2.05, 4.69) is 24.0 Å². The van der Waals surface area contributed by atoms with Crippen LogP contribution >= 0.6 is 11.8 Å². The first-order chi connectivity index (χ1) is 7.19. The summed E-state index contributed by atoms with van der Waals surface area (Å²) < 4.78 is 5.22. The van der Waals surface area contributed by atoms with E-state index in [1.54, 1.807) is 11.8 Å². The van der Waals surface area contributed by atoms with Gasteiger partial charge in [0.15, 0.2) is 5.82 Å². The minimum absolute atomic E-state index is 0.0575. The van der Waals surface area contributed by atoms with Crippen molar-refractivity contribution < 1.29 is 4.52 Å². The van der Waals surface area contributed by atoms with E-state index in [1.165, 1.54) is 0 Å². The Morgan fingerprint density at radius 2 is 2.20 bits per heavy atom. The lowest BCUT2D eigenvalue weighted by Gasteiger charge is -2.13. The molecule has 0 aliphatic carbocycles. The van der Waals surface area contributed by atoms with Crippen molar-refractivity contribution in [2.24, 2.45) is 5.73 Å². The molecule has 0 saturated carbocycles. The van der Waals surface area contributed by atoms with E-state index in [0.29, 0.717) is 5.89 Å². The molecule has 0 radical (unpaired) electrons. The van der Waals surface area contributed by atoms with Crippen molar-refractivity contribution in [1.29, 1.82) is 0 Å². The third-order valence-corrected chi connectivity index (χ3v) is 3.18. The molecule has 0 amide bonds. The molecule has 1 rings (SSSR count). The van der Waals surface area contributed by atoms with Gasteiger partial charge >= 0.3 is 0 Å². The molecule has 1 aromatic heterocycles. The van der Waals surface area contributed by atoms with E-state index in [1.807, 2.05) is 6.92 Å². The first kappa shape index (κ1) is 12.5. The Hall–Kier alpha value is -0.550. The second kappa shape index (κ2) is 6.12. The van der Waals surface area contributed by atoms with Crippen LogP contribution in [0.1, 0.15) is 44.8 Å². The summed E-state index contributed by atoms with van der Waals surface area (Å²) in [6.45, 7) is 6.17. The zero-order valence-electron chi connectivity index (χ0n) is 9.56. The van der Waals surface area contributed by atoms with Crippen LogP contribution in [-0.2, 0) is 5.75 Å². The molecule has 1 heterocycles. The molecule has 2 unspecified atom stereocenters. The van der Waals surface area contributed by atoms with Crippen molar-refractivity contribution in [2.45, 2.75) is 44.9 Å². The summed E-state index contributed by atoms with van der Waals surface area (Å²) in [7, 11) is 0. The summed E-state index contributed by atoms with van der Waals surface area (Å²) in [6, 6.07) is 0.0575. The highest BCUT2D eigenvalue weighted by Gasteiger charge is 2.20. The molecule has 86 valence electrons. The first-order valence-corrected chi connectivity index (χ1v) is 6.50. The van der Waals surface area contributed by atoms with E-state index in [9.17, 15) is 0 Å². The third kappa shape index (κ3) is 3.50. The predicted molar refractivity (Wildman–Crippen MR) is 62.8 cm³/mol. The Bertz CT molecular complexity index is 288. The van der Waals surface area contributed by atoms with Crippen molar-refractivity contribution in [1.82, 2.24) is 10.1 Å². The molecule has 0 aromatic carbocycles. The predicted octanol–water partition coefficient (Wildman–Crippen LogP) is 2.16. The lowest BCUT2D eigenvalue weighted by Crippen LogP contribution is -2.24. The number of thioether (sulfide) groups is 1. The average Bonchev–Trinajstić information content (AvgIpc) is 2.64. The molecule has 2 N–H and O–H groups in total. The Kier molecular flexibility index (Phi) is 5.11. The van der Waals surface area contributed by atoms with Crippen molar-refractivity contribution >= 4 is 11.8 Å². The molecule has 0 spiro atoms. The van der Waals surface area contributed by atoms with E-state index < -0.39 is 0 Å². The standard InChI is InChI=1S/C10H19N3OS/c1-4-8(7(3)11)10-12-9(13-14-10)6-15-5-2/h7-8H,4-6,11H2,1-3H3. The third-order valence-electron chi connectivity index (χ3n) is 2.31. The zero-order valence-corrected chi connectivity index (χ0v) is 10.4. The van der Waals surface area contributed by atoms with Gasteiger partial charge in [-0.1, -0.05) is 19.0 Å². The van der Waals surface area contributed by atoms with Crippen LogP contribution in [-0.4, -0.2) is 21.9 Å². The van der Waals surface area contributed by atoms with Gasteiger partial charge in [0.1, 0.15) is 0 Å². The average molecular weight is 229 g/mol. The molecule has 2 atom stereocenters. The molecule has 0 bridgehead atoms. The highest BCUT2D eigenvalue weighted by molar-refractivity contribution is 7.98. The lowest BCUT2D eigenvalue weighted by molar-refractivity contribution is 0.331. The van der Waals surface area contributed by atoms with Crippen LogP contribution in [0, 0.1) is 0 Å². The van der Waals surface area contributed by atoms with Gasteiger partial charge in [-0.2, -0.15) is 16.7 Å². The Balaban J connectivity index is 2.65. The molecular formula is C10H19N3OS. The first-order valence-electron chi connectivity index (χ1n) is 5.34. The van der Waals surface area contributed by atoms with Crippen LogP contribution in [0.25, 0.3) is 0 Å². The fourth-order valence-corrected chi connectivity index (χ4v) is 1.95. The minimum Gasteiger partial charge on any atom is -0.339 e. The van der Waals surface area contributed by atoms with E-state index in [0.717, 1.165) is 23.8 Å². The SMILES string of the molecule is CCSCc1noc(C(CC)C(C)N)n1. The fraction of sp³-hybridized carbons (Fsp3) is 0.800. The lowest BCUT2D eigenvalue weighted by atomic mass is 9.99. The number of aromatic nitrogens is 2. The molecular weight excluding hydrogens is 210 g/mol. The summed E-state index contributed by atoms with van der Waals surface area (Å²) >= 11 is 1.79. The second-order valence-corrected chi connectivity index (χ2v) is 4.83. The number of rotatable bonds is 6. The summed E-state index contributed by atoms with van der Waals surface area (Å²) in [5.74, 6) is 3.51. The fourth-order valence-electron chi connectivity index (χ4n) is 1.44. The van der Waals surface area contributed by atoms with E-state index in [4.69, 9.17) is 10.3 Å². The Morgan fingerprint density at radius 1 is 1.47 bits per heavy atom. The number of nitrogens with zero attached hydrogens (tertiary/aromatic N) is 2. The number of hydrogen-bond donors (Lipinski definition) is 1. The smallest absolute Gasteiger partial charge is 0.231 e. The molecule has 0 aliphatic heterocycles. The van der Waals surface area contributed by atoms with Crippen molar-refractivity contribution in [3.8, 4) is 0 Å². The normalized spacial score (nSPS) is 15.2. The van der Waals surface area contributed by atoms with Crippen LogP contribution in [0.5, 0.6) is 0 Å². The second-order valence-electron chi connectivity index (χ2n) is 3.56. The van der Waals surface area contributed by atoms with E-state index in [-0.39, 0.29) is 12.0 Å². The summed E-state index contributed by atoms with van der Waals surface area (Å²) in [5.41, 5.74) is 5.86. The van der Waals surface area contributed by atoms with Crippen LogP contribution in [0.3, 0.4) is 0 Å².